The molecular weight excluding hydrogens is 342 g/mol. The lowest BCUT2D eigenvalue weighted by atomic mass is 9.41. The molecule has 4 fully saturated rings. The van der Waals surface area contributed by atoms with Crippen LogP contribution in [0.4, 0.5) is 0 Å². The smallest absolute Gasteiger partial charge is 0.139 e. The van der Waals surface area contributed by atoms with E-state index in [1.165, 1.54) is 44.9 Å². The van der Waals surface area contributed by atoms with Gasteiger partial charge in [0.2, 0.25) is 0 Å². The van der Waals surface area contributed by atoms with Crippen molar-refractivity contribution < 1.29 is 4.79 Å². The Balaban J connectivity index is 1.69. The van der Waals surface area contributed by atoms with Gasteiger partial charge in [0.15, 0.2) is 0 Å². The highest BCUT2D eigenvalue weighted by Crippen LogP contribution is 2.68. The highest BCUT2D eigenvalue weighted by atomic mass is 16.1. The standard InChI is InChI=1S/C26H41NO/c1-6-18-22-15-16(2)9-12-26(22,5)21-10-13-25(4)19(17(3)11-14-27)7-8-20(25)23(21)24(18)28/h16-23H,6-13,15H2,1-5H3/t16-,17-,18-,19-,20?,21?,22+,23?,25-,26-/m1/s1. The molecule has 3 unspecified atom stereocenters. The molecule has 0 N–H and O–H groups in total. The summed E-state index contributed by atoms with van der Waals surface area (Å²) in [7, 11) is 0. The number of carbonyl (C=O) groups is 1. The van der Waals surface area contributed by atoms with Gasteiger partial charge in [0.1, 0.15) is 5.78 Å². The summed E-state index contributed by atoms with van der Waals surface area (Å²) in [6.07, 6.45) is 10.6. The molecule has 0 saturated heterocycles. The van der Waals surface area contributed by atoms with Gasteiger partial charge in [-0.05, 0) is 91.3 Å². The topological polar surface area (TPSA) is 40.9 Å². The summed E-state index contributed by atoms with van der Waals surface area (Å²) in [4.78, 5) is 13.9. The Hall–Kier alpha value is -0.840. The molecule has 0 radical (unpaired) electrons. The quantitative estimate of drug-likeness (QED) is 0.547. The molecule has 0 aliphatic heterocycles. The molecule has 10 atom stereocenters. The maximum absolute atomic E-state index is 13.9. The predicted octanol–water partition coefficient (Wildman–Crippen LogP) is 6.65. The van der Waals surface area contributed by atoms with Crippen molar-refractivity contribution >= 4 is 5.78 Å². The highest BCUT2D eigenvalue weighted by molar-refractivity contribution is 5.86. The summed E-state index contributed by atoms with van der Waals surface area (Å²) in [5, 5.41) is 9.25. The summed E-state index contributed by atoms with van der Waals surface area (Å²) < 4.78 is 0. The number of Topliss-reactive ketones (excluding diaryl/α,β-unsaturated/α-hetero) is 1. The third kappa shape index (κ3) is 2.74. The van der Waals surface area contributed by atoms with Crippen molar-refractivity contribution in [1.29, 1.82) is 5.26 Å². The Kier molecular flexibility index (Phi) is 5.21. The minimum atomic E-state index is 0.274. The molecule has 0 bridgehead atoms. The van der Waals surface area contributed by atoms with Crippen LogP contribution in [0.1, 0.15) is 92.4 Å². The van der Waals surface area contributed by atoms with Crippen LogP contribution in [-0.4, -0.2) is 5.78 Å². The zero-order valence-corrected chi connectivity index (χ0v) is 18.8. The van der Waals surface area contributed by atoms with Crippen molar-refractivity contribution in [3.05, 3.63) is 0 Å². The largest absolute Gasteiger partial charge is 0.299 e. The number of fused-ring (bicyclic) bond motifs is 5. The minimum absolute atomic E-state index is 0.274. The van der Waals surface area contributed by atoms with Crippen LogP contribution in [0.2, 0.25) is 0 Å². The Morgan fingerprint density at radius 1 is 1.07 bits per heavy atom. The maximum Gasteiger partial charge on any atom is 0.139 e. The fourth-order valence-corrected chi connectivity index (χ4v) is 9.12. The first-order valence-electron chi connectivity index (χ1n) is 12.2. The Labute approximate surface area is 172 Å². The third-order valence-corrected chi connectivity index (χ3v) is 10.6. The molecule has 0 aromatic carbocycles. The predicted molar refractivity (Wildman–Crippen MR) is 113 cm³/mol. The number of nitrogens with zero attached hydrogens (tertiary/aromatic N) is 1. The molecule has 2 nitrogen and oxygen atoms in total. The van der Waals surface area contributed by atoms with E-state index < -0.39 is 0 Å². The number of hydrogen-bond donors (Lipinski definition) is 0. The van der Waals surface area contributed by atoms with Crippen molar-refractivity contribution in [3.8, 4) is 6.07 Å². The first kappa shape index (κ1) is 20.4. The van der Waals surface area contributed by atoms with E-state index in [1.807, 2.05) is 0 Å². The Morgan fingerprint density at radius 2 is 1.75 bits per heavy atom. The molecule has 0 amide bonds. The van der Waals surface area contributed by atoms with Gasteiger partial charge in [-0.3, -0.25) is 4.79 Å². The van der Waals surface area contributed by atoms with Crippen molar-refractivity contribution in [2.45, 2.75) is 92.4 Å². The molecule has 156 valence electrons. The van der Waals surface area contributed by atoms with E-state index in [2.05, 4.69) is 40.7 Å². The van der Waals surface area contributed by atoms with Crippen LogP contribution in [0.25, 0.3) is 0 Å². The average molecular weight is 384 g/mol. The summed E-state index contributed by atoms with van der Waals surface area (Å²) in [6.45, 7) is 12.0. The molecule has 0 aromatic heterocycles. The van der Waals surface area contributed by atoms with Gasteiger partial charge in [0, 0.05) is 18.3 Å². The molecule has 28 heavy (non-hydrogen) atoms. The molecule has 4 aliphatic carbocycles. The van der Waals surface area contributed by atoms with E-state index in [-0.39, 0.29) is 5.41 Å². The van der Waals surface area contributed by atoms with Gasteiger partial charge in [-0.25, -0.2) is 0 Å². The van der Waals surface area contributed by atoms with Gasteiger partial charge in [-0.2, -0.15) is 5.26 Å². The van der Waals surface area contributed by atoms with Gasteiger partial charge in [-0.1, -0.05) is 41.0 Å². The monoisotopic (exact) mass is 383 g/mol. The van der Waals surface area contributed by atoms with E-state index in [0.29, 0.717) is 59.0 Å². The molecule has 4 rings (SSSR count). The van der Waals surface area contributed by atoms with Crippen LogP contribution in [0, 0.1) is 69.5 Å². The van der Waals surface area contributed by atoms with E-state index in [4.69, 9.17) is 0 Å². The minimum Gasteiger partial charge on any atom is -0.299 e. The Morgan fingerprint density at radius 3 is 2.43 bits per heavy atom. The molecule has 0 spiro atoms. The number of carbonyl (C=O) groups excluding carboxylic acids is 1. The van der Waals surface area contributed by atoms with Crippen molar-refractivity contribution in [2.75, 3.05) is 0 Å². The van der Waals surface area contributed by atoms with Crippen LogP contribution >= 0.6 is 0 Å². The highest BCUT2D eigenvalue weighted by Gasteiger charge is 2.64. The third-order valence-electron chi connectivity index (χ3n) is 10.6. The number of nitriles is 1. The number of ketones is 1. The normalized spacial score (nSPS) is 51.6. The first-order valence-corrected chi connectivity index (χ1v) is 12.2. The van der Waals surface area contributed by atoms with Gasteiger partial charge in [0.25, 0.3) is 0 Å². The fourth-order valence-electron chi connectivity index (χ4n) is 9.12. The molecule has 0 heterocycles. The van der Waals surface area contributed by atoms with E-state index in [1.54, 1.807) is 0 Å². The first-order chi connectivity index (χ1) is 13.3. The number of hydrogen-bond acceptors (Lipinski definition) is 2. The van der Waals surface area contributed by atoms with Gasteiger partial charge in [-0.15, -0.1) is 0 Å². The van der Waals surface area contributed by atoms with E-state index in [0.717, 1.165) is 12.3 Å². The Bertz CT molecular complexity index is 664. The zero-order valence-electron chi connectivity index (χ0n) is 18.8. The number of rotatable bonds is 3. The van der Waals surface area contributed by atoms with Crippen LogP contribution in [0.5, 0.6) is 0 Å². The van der Waals surface area contributed by atoms with Crippen molar-refractivity contribution in [2.24, 2.45) is 58.2 Å². The fraction of sp³-hybridized carbons (Fsp3) is 0.923. The lowest BCUT2D eigenvalue weighted by molar-refractivity contribution is -0.170. The van der Waals surface area contributed by atoms with Crippen LogP contribution in [0.15, 0.2) is 0 Å². The summed E-state index contributed by atoms with van der Waals surface area (Å²) in [6, 6.07) is 2.42. The van der Waals surface area contributed by atoms with Crippen LogP contribution in [-0.2, 0) is 4.79 Å². The summed E-state index contributed by atoms with van der Waals surface area (Å²) in [5.41, 5.74) is 0.653. The molecule has 0 aromatic rings. The van der Waals surface area contributed by atoms with E-state index >= 15 is 0 Å². The van der Waals surface area contributed by atoms with Crippen molar-refractivity contribution in [3.63, 3.8) is 0 Å². The van der Waals surface area contributed by atoms with Crippen LogP contribution in [0.3, 0.4) is 0 Å². The van der Waals surface area contributed by atoms with Crippen molar-refractivity contribution in [1.82, 2.24) is 0 Å². The molecule has 2 heteroatoms. The lowest BCUT2D eigenvalue weighted by Crippen LogP contribution is -2.60. The second-order valence-electron chi connectivity index (χ2n) is 11.7. The SMILES string of the molecule is CC[C@H]1C(=O)C2C3CC[C@H]([C@H](C)CC#N)[C@@]3(C)CCC2[C@@]2(C)CC[C@@H](C)C[C@@H]12. The summed E-state index contributed by atoms with van der Waals surface area (Å²) in [5.74, 6) is 4.93. The molecule has 4 aliphatic rings. The van der Waals surface area contributed by atoms with E-state index in [9.17, 15) is 10.1 Å². The lowest BCUT2D eigenvalue weighted by Gasteiger charge is -2.62. The van der Waals surface area contributed by atoms with Gasteiger partial charge in [0.05, 0.1) is 6.07 Å². The molecular formula is C26H41NO. The molecule has 4 saturated carbocycles. The van der Waals surface area contributed by atoms with Crippen LogP contribution < -0.4 is 0 Å². The maximum atomic E-state index is 13.9. The van der Waals surface area contributed by atoms with Gasteiger partial charge < -0.3 is 0 Å². The zero-order chi connectivity index (χ0) is 20.3. The van der Waals surface area contributed by atoms with Gasteiger partial charge >= 0.3 is 0 Å². The average Bonchev–Trinajstić information content (AvgIpc) is 3.01. The second kappa shape index (κ2) is 7.14. The second-order valence-corrected chi connectivity index (χ2v) is 11.7. The summed E-state index contributed by atoms with van der Waals surface area (Å²) >= 11 is 0.